The number of carbonyl (C=O) groups is 1. The fourth-order valence-electron chi connectivity index (χ4n) is 4.18. The molecule has 1 saturated carbocycles. The zero-order valence-electron chi connectivity index (χ0n) is 15.1. The van der Waals surface area contributed by atoms with Crippen LogP contribution in [0.5, 0.6) is 0 Å². The third-order valence-electron chi connectivity index (χ3n) is 5.75. The van der Waals surface area contributed by atoms with E-state index in [4.69, 9.17) is 0 Å². The van der Waals surface area contributed by atoms with Gasteiger partial charge < -0.3 is 10.2 Å². The van der Waals surface area contributed by atoms with Gasteiger partial charge in [0.25, 0.3) is 0 Å². The predicted molar refractivity (Wildman–Crippen MR) is 98.3 cm³/mol. The largest absolute Gasteiger partial charge is 0.342 e. The lowest BCUT2D eigenvalue weighted by molar-refractivity contribution is -0.142. The number of rotatable bonds is 5. The van der Waals surface area contributed by atoms with Crippen molar-refractivity contribution in [3.05, 3.63) is 29.8 Å². The molecule has 0 radical (unpaired) electrons. The summed E-state index contributed by atoms with van der Waals surface area (Å²) in [6, 6.07) is 6.95. The summed E-state index contributed by atoms with van der Waals surface area (Å²) >= 11 is 0. The van der Waals surface area contributed by atoms with Gasteiger partial charge in [0.15, 0.2) is 9.84 Å². The summed E-state index contributed by atoms with van der Waals surface area (Å²) in [6.45, 7) is 2.60. The van der Waals surface area contributed by atoms with Crippen LogP contribution in [0.25, 0.3) is 0 Å². The van der Waals surface area contributed by atoms with Crippen molar-refractivity contribution >= 4 is 15.7 Å². The van der Waals surface area contributed by atoms with Crippen LogP contribution in [0.4, 0.5) is 0 Å². The van der Waals surface area contributed by atoms with Crippen LogP contribution in [0.3, 0.4) is 0 Å². The molecule has 1 aromatic rings. The van der Waals surface area contributed by atoms with Crippen LogP contribution in [0, 0.1) is 5.92 Å². The monoisotopic (exact) mass is 364 g/mol. The molecule has 2 aliphatic rings. The third kappa shape index (κ3) is 3.60. The summed E-state index contributed by atoms with van der Waals surface area (Å²) in [6.07, 6.45) is 6.20. The van der Waals surface area contributed by atoms with Gasteiger partial charge in [-0.1, -0.05) is 18.6 Å². The normalized spacial score (nSPS) is 23.1. The Labute approximate surface area is 150 Å². The van der Waals surface area contributed by atoms with Crippen molar-refractivity contribution in [2.75, 3.05) is 32.9 Å². The number of hydrogen-bond donors (Lipinski definition) is 1. The van der Waals surface area contributed by atoms with E-state index in [1.807, 2.05) is 24.1 Å². The van der Waals surface area contributed by atoms with Crippen molar-refractivity contribution in [1.82, 2.24) is 10.2 Å². The highest BCUT2D eigenvalue weighted by Crippen LogP contribution is 2.45. The lowest BCUT2D eigenvalue weighted by Gasteiger charge is -2.46. The van der Waals surface area contributed by atoms with Crippen LogP contribution >= 0.6 is 0 Å². The molecular formula is C19H28N2O3S. The zero-order valence-corrected chi connectivity index (χ0v) is 15.9. The van der Waals surface area contributed by atoms with E-state index in [1.54, 1.807) is 12.1 Å². The average Bonchev–Trinajstić information content (AvgIpc) is 2.54. The number of hydrogen-bond acceptors (Lipinski definition) is 4. The van der Waals surface area contributed by atoms with Crippen LogP contribution in [0.1, 0.15) is 37.7 Å². The van der Waals surface area contributed by atoms with E-state index >= 15 is 0 Å². The minimum absolute atomic E-state index is 0.228. The Morgan fingerprint density at radius 3 is 2.44 bits per heavy atom. The molecular weight excluding hydrogens is 336 g/mol. The Hall–Kier alpha value is -1.40. The number of nitrogens with zero attached hydrogens (tertiary/aromatic N) is 1. The zero-order chi connectivity index (χ0) is 18.1. The standard InChI is InChI=1S/C19H28N2O3S/c1-20-13-15-5-3-12-21(14-15)18(22)19(10-4-11-19)16-6-8-17(9-7-16)25(2,23)24/h6-9,15,20H,3-5,10-14H2,1-2H3/t15-/m0/s1. The van der Waals surface area contributed by atoms with Gasteiger partial charge in [-0.05, 0) is 62.9 Å². The Balaban J connectivity index is 1.81. The molecule has 0 unspecified atom stereocenters. The van der Waals surface area contributed by atoms with E-state index in [-0.39, 0.29) is 5.91 Å². The van der Waals surface area contributed by atoms with Gasteiger partial charge in [-0.3, -0.25) is 4.79 Å². The molecule has 2 fully saturated rings. The molecule has 6 heteroatoms. The van der Waals surface area contributed by atoms with E-state index in [2.05, 4.69) is 5.32 Å². The van der Waals surface area contributed by atoms with Crippen LogP contribution in [-0.2, 0) is 20.0 Å². The fourth-order valence-corrected chi connectivity index (χ4v) is 4.82. The van der Waals surface area contributed by atoms with Crippen molar-refractivity contribution < 1.29 is 13.2 Å². The van der Waals surface area contributed by atoms with Crippen molar-refractivity contribution in [2.45, 2.75) is 42.4 Å². The summed E-state index contributed by atoms with van der Waals surface area (Å²) in [5.41, 5.74) is 0.518. The molecule has 138 valence electrons. The number of benzene rings is 1. The lowest BCUT2D eigenvalue weighted by Crippen LogP contribution is -2.54. The average molecular weight is 365 g/mol. The van der Waals surface area contributed by atoms with E-state index in [9.17, 15) is 13.2 Å². The second-order valence-corrected chi connectivity index (χ2v) is 9.57. The number of likely N-dealkylation sites (tertiary alicyclic amines) is 1. The fraction of sp³-hybridized carbons (Fsp3) is 0.632. The Morgan fingerprint density at radius 2 is 1.92 bits per heavy atom. The summed E-state index contributed by atoms with van der Waals surface area (Å²) in [5, 5.41) is 3.22. The Morgan fingerprint density at radius 1 is 1.24 bits per heavy atom. The summed E-state index contributed by atoms with van der Waals surface area (Å²) in [4.78, 5) is 15.7. The van der Waals surface area contributed by atoms with Crippen LogP contribution in [0.2, 0.25) is 0 Å². The maximum atomic E-state index is 13.3. The molecule has 25 heavy (non-hydrogen) atoms. The van der Waals surface area contributed by atoms with Gasteiger partial charge in [-0.15, -0.1) is 0 Å². The second-order valence-electron chi connectivity index (χ2n) is 7.55. The molecule has 1 heterocycles. The lowest BCUT2D eigenvalue weighted by atomic mass is 9.63. The molecule has 0 spiro atoms. The molecule has 1 aromatic carbocycles. The van der Waals surface area contributed by atoms with Gasteiger partial charge in [-0.2, -0.15) is 0 Å². The highest BCUT2D eigenvalue weighted by molar-refractivity contribution is 7.90. The van der Waals surface area contributed by atoms with Crippen molar-refractivity contribution in [3.8, 4) is 0 Å². The van der Waals surface area contributed by atoms with Gasteiger partial charge in [-0.25, -0.2) is 8.42 Å². The first-order valence-corrected chi connectivity index (χ1v) is 11.0. The van der Waals surface area contributed by atoms with Crippen LogP contribution < -0.4 is 5.32 Å². The first kappa shape index (κ1) is 18.4. The quantitative estimate of drug-likeness (QED) is 0.867. The summed E-state index contributed by atoms with van der Waals surface area (Å²) < 4.78 is 23.4. The molecule has 1 amide bonds. The number of piperidine rings is 1. The predicted octanol–water partition coefficient (Wildman–Crippen LogP) is 1.97. The van der Waals surface area contributed by atoms with Crippen LogP contribution in [0.15, 0.2) is 29.2 Å². The van der Waals surface area contributed by atoms with Crippen molar-refractivity contribution in [1.29, 1.82) is 0 Å². The SMILES string of the molecule is CNC[C@@H]1CCCN(C(=O)C2(c3ccc(S(C)(=O)=O)cc3)CCC2)C1. The Kier molecular flexibility index (Phi) is 5.21. The first-order valence-electron chi connectivity index (χ1n) is 9.11. The molecule has 1 aliphatic carbocycles. The van der Waals surface area contributed by atoms with Crippen molar-refractivity contribution in [3.63, 3.8) is 0 Å². The smallest absolute Gasteiger partial charge is 0.233 e. The van der Waals surface area contributed by atoms with Crippen molar-refractivity contribution in [2.24, 2.45) is 5.92 Å². The van der Waals surface area contributed by atoms with E-state index in [1.165, 1.54) is 12.7 Å². The first-order chi connectivity index (χ1) is 11.9. The molecule has 1 atom stereocenters. The van der Waals surface area contributed by atoms with Gasteiger partial charge in [0.05, 0.1) is 10.3 Å². The summed E-state index contributed by atoms with van der Waals surface area (Å²) in [7, 11) is -1.25. The molecule has 0 bridgehead atoms. The summed E-state index contributed by atoms with van der Waals surface area (Å²) in [5.74, 6) is 0.749. The molecule has 5 nitrogen and oxygen atoms in total. The van der Waals surface area contributed by atoms with Crippen LogP contribution in [-0.4, -0.2) is 52.2 Å². The topological polar surface area (TPSA) is 66.5 Å². The van der Waals surface area contributed by atoms with Gasteiger partial charge in [0.1, 0.15) is 0 Å². The second kappa shape index (κ2) is 7.08. The highest BCUT2D eigenvalue weighted by Gasteiger charge is 2.48. The van der Waals surface area contributed by atoms with E-state index in [0.717, 1.165) is 50.9 Å². The number of carbonyl (C=O) groups excluding carboxylic acids is 1. The van der Waals surface area contributed by atoms with E-state index < -0.39 is 15.3 Å². The minimum Gasteiger partial charge on any atom is -0.342 e. The Bertz CT molecular complexity index is 722. The maximum Gasteiger partial charge on any atom is 0.233 e. The number of amides is 1. The third-order valence-corrected chi connectivity index (χ3v) is 6.88. The van der Waals surface area contributed by atoms with Gasteiger partial charge in [0, 0.05) is 19.3 Å². The number of nitrogens with one attached hydrogen (secondary N) is 1. The molecule has 1 saturated heterocycles. The highest BCUT2D eigenvalue weighted by atomic mass is 32.2. The molecule has 1 N–H and O–H groups in total. The van der Waals surface area contributed by atoms with E-state index in [0.29, 0.717) is 10.8 Å². The van der Waals surface area contributed by atoms with Gasteiger partial charge >= 0.3 is 0 Å². The maximum absolute atomic E-state index is 13.3. The molecule has 1 aliphatic heterocycles. The minimum atomic E-state index is -3.21. The van der Waals surface area contributed by atoms with Gasteiger partial charge in [0.2, 0.25) is 5.91 Å². The molecule has 3 rings (SSSR count). The molecule has 0 aromatic heterocycles. The number of sulfone groups is 1.